The third-order valence-corrected chi connectivity index (χ3v) is 1.35. The largest absolute Gasteiger partial charge is 0.263 e. The molecule has 1 aromatic rings. The fraction of sp³-hybridized carbons (Fsp3) is 0.167. The first kappa shape index (κ1) is 5.81. The zero-order chi connectivity index (χ0) is 5.82. The van der Waals surface area contributed by atoms with Crippen LogP contribution in [0.15, 0.2) is 24.4 Å². The molecule has 0 aromatic carbocycles. The summed E-state index contributed by atoms with van der Waals surface area (Å²) < 4.78 is 0. The Bertz CT molecular complexity index is 150. The Kier molecular flexibility index (Phi) is 2.08. The molecule has 0 aliphatic carbocycles. The van der Waals surface area contributed by atoms with E-state index in [4.69, 9.17) is 0 Å². The summed E-state index contributed by atoms with van der Waals surface area (Å²) in [5, 5.41) is 0.945. The molecule has 38 valence electrons. The molecule has 1 nitrogen and oxygen atoms in total. The first-order valence-electron chi connectivity index (χ1n) is 2.53. The molecule has 0 bridgehead atoms. The van der Waals surface area contributed by atoms with Crippen molar-refractivity contribution in [3.8, 4) is 0 Å². The van der Waals surface area contributed by atoms with Gasteiger partial charge in [0.1, 0.15) is 16.3 Å². The Labute approximate surface area is 57.2 Å². The van der Waals surface area contributed by atoms with E-state index in [0.717, 1.165) is 11.0 Å². The zero-order valence-electron chi connectivity index (χ0n) is 4.54. The lowest BCUT2D eigenvalue weighted by molar-refractivity contribution is 1.17. The fourth-order valence-electron chi connectivity index (χ4n) is 0.519. The quantitative estimate of drug-likeness (QED) is 0.497. The van der Waals surface area contributed by atoms with Crippen molar-refractivity contribution in [3.05, 3.63) is 30.1 Å². The molecule has 0 N–H and O–H groups in total. The molecule has 1 aromatic heterocycles. The van der Waals surface area contributed by atoms with Gasteiger partial charge in [0.15, 0.2) is 0 Å². The smallest absolute Gasteiger partial charge is 0.128 e. The highest BCUT2D eigenvalue weighted by molar-refractivity contribution is 6.08. The zero-order valence-corrected chi connectivity index (χ0v) is 5.70. The molecule has 2 radical (unpaired) electrons. The molecule has 8 heavy (non-hydrogen) atoms. The van der Waals surface area contributed by atoms with Crippen LogP contribution in [0.2, 0.25) is 0 Å². The van der Waals surface area contributed by atoms with Gasteiger partial charge in [0.05, 0.1) is 0 Å². The van der Waals surface area contributed by atoms with E-state index in [9.17, 15) is 0 Å². The molecule has 0 unspecified atom stereocenters. The van der Waals surface area contributed by atoms with E-state index in [1.165, 1.54) is 0 Å². The maximum Gasteiger partial charge on any atom is 0.128 e. The van der Waals surface area contributed by atoms with Crippen LogP contribution in [0.3, 0.4) is 0 Å². The molecule has 0 fully saturated rings. The van der Waals surface area contributed by atoms with Crippen LogP contribution in [0.4, 0.5) is 0 Å². The van der Waals surface area contributed by atoms with Gasteiger partial charge >= 0.3 is 0 Å². The van der Waals surface area contributed by atoms with Gasteiger partial charge < -0.3 is 0 Å². The average Bonchev–Trinajstić information content (AvgIpc) is 1.90. The number of hydrogen-bond donors (Lipinski definition) is 0. The molecule has 0 saturated heterocycles. The van der Waals surface area contributed by atoms with Gasteiger partial charge in [-0.1, -0.05) is 11.3 Å². The lowest BCUT2D eigenvalue weighted by Crippen LogP contribution is -1.85. The van der Waals surface area contributed by atoms with E-state index < -0.39 is 0 Å². The van der Waals surface area contributed by atoms with Crippen LogP contribution in [0.1, 0.15) is 5.69 Å². The SMILES string of the molecule is [Al][CH2]c1ccccn1. The summed E-state index contributed by atoms with van der Waals surface area (Å²) in [6, 6.07) is 5.92. The van der Waals surface area contributed by atoms with Crippen LogP contribution in [0, 0.1) is 0 Å². The predicted molar refractivity (Wildman–Crippen MR) is 33.7 cm³/mol. The minimum absolute atomic E-state index is 0.945. The minimum Gasteiger partial charge on any atom is -0.263 e. The summed E-state index contributed by atoms with van der Waals surface area (Å²) in [5.74, 6) is 0. The van der Waals surface area contributed by atoms with Gasteiger partial charge in [0, 0.05) is 11.9 Å². The minimum atomic E-state index is 0.945. The normalized spacial score (nSPS) is 9.00. The summed E-state index contributed by atoms with van der Waals surface area (Å²) >= 11 is 2.63. The molecule has 0 aliphatic rings. The van der Waals surface area contributed by atoms with Crippen molar-refractivity contribution in [2.75, 3.05) is 0 Å². The number of nitrogens with zero attached hydrogens (tertiary/aromatic N) is 1. The van der Waals surface area contributed by atoms with E-state index in [2.05, 4.69) is 21.3 Å². The molecule has 1 rings (SSSR count). The molecule has 0 amide bonds. The summed E-state index contributed by atoms with van der Waals surface area (Å²) in [5.41, 5.74) is 1.12. The van der Waals surface area contributed by atoms with Crippen molar-refractivity contribution in [1.29, 1.82) is 0 Å². The molecular formula is C6H6AlN. The highest BCUT2D eigenvalue weighted by Gasteiger charge is 1.81. The van der Waals surface area contributed by atoms with Crippen LogP contribution in [0.5, 0.6) is 0 Å². The van der Waals surface area contributed by atoms with Gasteiger partial charge in [-0.15, -0.1) is 0 Å². The molecule has 0 spiro atoms. The van der Waals surface area contributed by atoms with Crippen molar-refractivity contribution in [2.45, 2.75) is 5.28 Å². The van der Waals surface area contributed by atoms with E-state index >= 15 is 0 Å². The second kappa shape index (κ2) is 2.86. The summed E-state index contributed by atoms with van der Waals surface area (Å²) in [7, 11) is 0. The second-order valence-corrected chi connectivity index (χ2v) is 1.93. The summed E-state index contributed by atoms with van der Waals surface area (Å²) in [4.78, 5) is 4.08. The van der Waals surface area contributed by atoms with Gasteiger partial charge in [-0.25, -0.2) is 0 Å². The van der Waals surface area contributed by atoms with Gasteiger partial charge in [0.2, 0.25) is 0 Å². The second-order valence-electron chi connectivity index (χ2n) is 1.53. The first-order chi connectivity index (χ1) is 3.93. The highest BCUT2D eigenvalue weighted by atomic mass is 27.0. The molecule has 0 saturated carbocycles. The van der Waals surface area contributed by atoms with Gasteiger partial charge in [-0.2, -0.15) is 0 Å². The van der Waals surface area contributed by atoms with Crippen molar-refractivity contribution < 1.29 is 0 Å². The van der Waals surface area contributed by atoms with Crippen LogP contribution in [-0.2, 0) is 5.28 Å². The number of aromatic nitrogens is 1. The van der Waals surface area contributed by atoms with E-state index in [-0.39, 0.29) is 0 Å². The summed E-state index contributed by atoms with van der Waals surface area (Å²) in [6.45, 7) is 0. The Hall–Kier alpha value is -0.318. The van der Waals surface area contributed by atoms with Crippen LogP contribution < -0.4 is 0 Å². The van der Waals surface area contributed by atoms with Crippen LogP contribution in [0.25, 0.3) is 0 Å². The third-order valence-electron chi connectivity index (χ3n) is 0.935. The average molecular weight is 119 g/mol. The fourth-order valence-corrected chi connectivity index (χ4v) is 0.760. The Morgan fingerprint density at radius 3 is 2.75 bits per heavy atom. The standard InChI is InChI=1S/C6H6N.Al/c1-6-4-2-3-5-7-6;/h2-5H,1H2;. The molecular weight excluding hydrogens is 113 g/mol. The topological polar surface area (TPSA) is 12.9 Å². The van der Waals surface area contributed by atoms with E-state index in [0.29, 0.717) is 0 Å². The predicted octanol–water partition coefficient (Wildman–Crippen LogP) is 0.750. The van der Waals surface area contributed by atoms with Crippen LogP contribution >= 0.6 is 0 Å². The lowest BCUT2D eigenvalue weighted by Gasteiger charge is -1.89. The maximum atomic E-state index is 4.08. The maximum absolute atomic E-state index is 4.08. The number of rotatable bonds is 1. The van der Waals surface area contributed by atoms with Gasteiger partial charge in [-0.3, -0.25) is 4.98 Å². The van der Waals surface area contributed by atoms with Gasteiger partial charge in [0.25, 0.3) is 0 Å². The monoisotopic (exact) mass is 119 g/mol. The Morgan fingerprint density at radius 1 is 1.50 bits per heavy atom. The van der Waals surface area contributed by atoms with Crippen molar-refractivity contribution in [1.82, 2.24) is 4.98 Å². The summed E-state index contributed by atoms with van der Waals surface area (Å²) in [6.07, 6.45) is 1.80. The van der Waals surface area contributed by atoms with Gasteiger partial charge in [-0.05, 0) is 12.1 Å². The van der Waals surface area contributed by atoms with Crippen LogP contribution in [-0.4, -0.2) is 21.3 Å². The first-order valence-corrected chi connectivity index (χ1v) is 3.35. The lowest BCUT2D eigenvalue weighted by atomic mass is 10.4. The highest BCUT2D eigenvalue weighted by Crippen LogP contribution is 1.89. The van der Waals surface area contributed by atoms with E-state index in [1.54, 1.807) is 6.20 Å². The number of pyridine rings is 1. The molecule has 0 aliphatic heterocycles. The molecule has 0 atom stereocenters. The van der Waals surface area contributed by atoms with Crippen molar-refractivity contribution >= 4 is 16.3 Å². The Morgan fingerprint density at radius 2 is 2.38 bits per heavy atom. The third kappa shape index (κ3) is 1.33. The molecule has 2 heteroatoms. The number of hydrogen-bond acceptors (Lipinski definition) is 1. The van der Waals surface area contributed by atoms with Crippen molar-refractivity contribution in [3.63, 3.8) is 0 Å². The Balaban J connectivity index is 2.83. The molecule has 1 heterocycles. The van der Waals surface area contributed by atoms with E-state index in [1.807, 2.05) is 18.2 Å². The van der Waals surface area contributed by atoms with Crippen molar-refractivity contribution in [2.24, 2.45) is 0 Å².